The molecule has 0 aliphatic rings. The highest BCUT2D eigenvalue weighted by Gasteiger charge is 2.22. The first-order valence-corrected chi connectivity index (χ1v) is 22.4. The molecule has 0 aliphatic carbocycles. The van der Waals surface area contributed by atoms with Gasteiger partial charge in [0.2, 0.25) is 0 Å². The minimum atomic E-state index is -4.80. The zero-order valence-electron chi connectivity index (χ0n) is 33.7. The normalized spacial score (nSPS) is 13.8. The first-order valence-electron chi connectivity index (χ1n) is 20.8. The van der Waals surface area contributed by atoms with Gasteiger partial charge in [-0.15, -0.1) is 0 Å². The maximum absolute atomic E-state index is 12.4. The number of rotatable bonds is 37. The summed E-state index contributed by atoms with van der Waals surface area (Å²) < 4.78 is 26.2. The minimum absolute atomic E-state index is 0.00391. The summed E-state index contributed by atoms with van der Waals surface area (Å²) in [6, 6.07) is 0. The lowest BCUT2D eigenvalue weighted by molar-refractivity contribution is -0.161. The maximum atomic E-state index is 12.4. The van der Waals surface area contributed by atoms with Gasteiger partial charge in [-0.05, 0) is 44.9 Å². The summed E-state index contributed by atoms with van der Waals surface area (Å²) in [5.74, 6) is -1.07. The van der Waals surface area contributed by atoms with Crippen LogP contribution in [-0.2, 0) is 28.2 Å². The van der Waals surface area contributed by atoms with Crippen LogP contribution < -0.4 is 0 Å². The van der Waals surface area contributed by atoms with Gasteiger partial charge < -0.3 is 24.4 Å². The molecule has 0 aliphatic heterocycles. The summed E-state index contributed by atoms with van der Waals surface area (Å²) in [6.45, 7) is 3.42. The fourth-order valence-electron chi connectivity index (χ4n) is 5.48. The Kier molecular flexibility index (Phi) is 36.9. The Morgan fingerprint density at radius 1 is 0.593 bits per heavy atom. The number of carbonyl (C=O) groups is 2. The molecule has 0 heterocycles. The molecule has 54 heavy (non-hydrogen) atoms. The molecule has 2 atom stereocenters. The molecule has 0 amide bonds. The number of ether oxygens (including phenoxy) is 2. The van der Waals surface area contributed by atoms with Gasteiger partial charge in [-0.1, -0.05) is 183 Å². The van der Waals surface area contributed by atoms with Crippen LogP contribution >= 0.6 is 7.82 Å². The van der Waals surface area contributed by atoms with Crippen molar-refractivity contribution >= 4 is 19.8 Å². The Morgan fingerprint density at radius 2 is 1.11 bits per heavy atom. The van der Waals surface area contributed by atoms with Gasteiger partial charge in [-0.25, -0.2) is 4.57 Å². The van der Waals surface area contributed by atoms with Gasteiger partial charge in [-0.3, -0.25) is 14.1 Å². The van der Waals surface area contributed by atoms with E-state index in [1.165, 1.54) is 77.0 Å². The number of phosphoric ester groups is 1. The summed E-state index contributed by atoms with van der Waals surface area (Å²) in [5.41, 5.74) is 0. The molecule has 310 valence electrons. The molecule has 1 unspecified atom stereocenters. The molecular weight excluding hydrogens is 703 g/mol. The van der Waals surface area contributed by atoms with Crippen molar-refractivity contribution in [3.63, 3.8) is 0 Å². The lowest BCUT2D eigenvalue weighted by atomic mass is 10.0. The quantitative estimate of drug-likeness (QED) is 0.0185. The van der Waals surface area contributed by atoms with Gasteiger partial charge in [-0.2, -0.15) is 0 Å². The van der Waals surface area contributed by atoms with Gasteiger partial charge >= 0.3 is 19.8 Å². The second kappa shape index (κ2) is 38.7. The van der Waals surface area contributed by atoms with Crippen LogP contribution in [0.2, 0.25) is 0 Å². The number of hydrogen-bond donors (Lipinski definition) is 3. The average Bonchev–Trinajstić information content (AvgIpc) is 3.14. The van der Waals surface area contributed by atoms with Crippen molar-refractivity contribution in [2.75, 3.05) is 13.2 Å². The lowest BCUT2D eigenvalue weighted by Crippen LogP contribution is -2.29. The molecule has 9 nitrogen and oxygen atoms in total. The molecule has 0 fully saturated rings. The van der Waals surface area contributed by atoms with E-state index in [9.17, 15) is 19.3 Å². The van der Waals surface area contributed by atoms with Crippen molar-refractivity contribution in [1.29, 1.82) is 0 Å². The van der Waals surface area contributed by atoms with Crippen LogP contribution in [0.3, 0.4) is 0 Å². The van der Waals surface area contributed by atoms with Gasteiger partial charge in [0.05, 0.1) is 12.7 Å². The van der Waals surface area contributed by atoms with Crippen LogP contribution in [0.15, 0.2) is 72.9 Å². The fourth-order valence-corrected chi connectivity index (χ4v) is 5.84. The molecule has 0 aromatic rings. The summed E-state index contributed by atoms with van der Waals surface area (Å²) in [4.78, 5) is 42.8. The molecule has 0 saturated heterocycles. The molecule has 0 radical (unpaired) electrons. The van der Waals surface area contributed by atoms with E-state index < -0.39 is 38.6 Å². The van der Waals surface area contributed by atoms with E-state index in [0.717, 1.165) is 44.9 Å². The third kappa shape index (κ3) is 40.6. The second-order valence-electron chi connectivity index (χ2n) is 13.8. The average molecular weight is 779 g/mol. The smallest absolute Gasteiger partial charge is 0.462 e. The van der Waals surface area contributed by atoms with E-state index in [-0.39, 0.29) is 19.4 Å². The van der Waals surface area contributed by atoms with Crippen LogP contribution in [0.5, 0.6) is 0 Å². The molecule has 3 N–H and O–H groups in total. The van der Waals surface area contributed by atoms with Crippen molar-refractivity contribution < 1.29 is 43.0 Å². The van der Waals surface area contributed by atoms with Gasteiger partial charge in [0, 0.05) is 12.8 Å². The number of unbranched alkanes of at least 4 members (excludes halogenated alkanes) is 15. The standard InChI is InChI=1S/C44H75O9P/c1-3-5-7-9-11-13-15-17-18-19-21-23-25-27-29-33-37-43(46)51-39-42(40-52-54(48,49)50)53-44(47)38-34-30-32-36-41(45)35-31-28-26-24-22-20-16-14-12-10-8-6-4-2/h6,8,12,14,20,22,26,28,30-32,35,41-42,45H,3-5,7,9-11,13,15-19,21,23-25,27,29,33-34,36-40H2,1-2H3,(H2,48,49,50)/b8-6-,14-12-,22-20-,28-26-,32-30-,35-31-/t41?,42-/m1/s1. The van der Waals surface area contributed by atoms with Crippen molar-refractivity contribution in [1.82, 2.24) is 0 Å². The lowest BCUT2D eigenvalue weighted by Gasteiger charge is -2.18. The summed E-state index contributed by atoms with van der Waals surface area (Å²) >= 11 is 0. The van der Waals surface area contributed by atoms with E-state index in [0.29, 0.717) is 19.3 Å². The van der Waals surface area contributed by atoms with Gasteiger partial charge in [0.15, 0.2) is 6.10 Å². The van der Waals surface area contributed by atoms with Gasteiger partial charge in [0.25, 0.3) is 0 Å². The van der Waals surface area contributed by atoms with Crippen LogP contribution in [-0.4, -0.2) is 52.3 Å². The first kappa shape index (κ1) is 51.5. The SMILES string of the molecule is CC/C=C\C/C=C\C/C=C\C/C=C\C=C/C(O)C/C=C\CCC(=O)O[C@H](COC(=O)CCCCCCCCCCCCCCCCCC)COP(=O)(O)O. The summed E-state index contributed by atoms with van der Waals surface area (Å²) in [5, 5.41) is 10.1. The zero-order valence-corrected chi connectivity index (χ0v) is 34.6. The molecule has 0 aromatic carbocycles. The topological polar surface area (TPSA) is 140 Å². The third-order valence-corrected chi connectivity index (χ3v) is 9.07. The third-order valence-electron chi connectivity index (χ3n) is 8.58. The number of carbonyl (C=O) groups excluding carboxylic acids is 2. The molecule has 0 spiro atoms. The molecular formula is C44H75O9P. The van der Waals surface area contributed by atoms with Crippen LogP contribution in [0.4, 0.5) is 0 Å². The molecule has 0 rings (SSSR count). The van der Waals surface area contributed by atoms with Crippen molar-refractivity contribution in [2.24, 2.45) is 0 Å². The number of phosphoric acid groups is 1. The van der Waals surface area contributed by atoms with Crippen molar-refractivity contribution in [3.8, 4) is 0 Å². The highest BCUT2D eigenvalue weighted by atomic mass is 31.2. The minimum Gasteiger partial charge on any atom is -0.462 e. The van der Waals surface area contributed by atoms with Crippen LogP contribution in [0.1, 0.15) is 168 Å². The Hall–Kier alpha value is -2.55. The van der Waals surface area contributed by atoms with Crippen molar-refractivity contribution in [3.05, 3.63) is 72.9 Å². The van der Waals surface area contributed by atoms with Crippen molar-refractivity contribution in [2.45, 2.75) is 180 Å². The Morgan fingerprint density at radius 3 is 1.65 bits per heavy atom. The highest BCUT2D eigenvalue weighted by Crippen LogP contribution is 2.36. The van der Waals surface area contributed by atoms with Crippen LogP contribution in [0.25, 0.3) is 0 Å². The number of esters is 2. The monoisotopic (exact) mass is 779 g/mol. The number of aliphatic hydroxyl groups excluding tert-OH is 1. The Labute approximate surface area is 328 Å². The molecule has 10 heteroatoms. The second-order valence-corrected chi connectivity index (χ2v) is 15.0. The summed E-state index contributed by atoms with van der Waals surface area (Å²) in [6.07, 6.45) is 46.5. The van der Waals surface area contributed by atoms with Crippen LogP contribution in [0, 0.1) is 0 Å². The predicted octanol–water partition coefficient (Wildman–Crippen LogP) is 11.7. The van der Waals surface area contributed by atoms with E-state index in [2.05, 4.69) is 54.8 Å². The molecule has 0 saturated carbocycles. The number of allylic oxidation sites excluding steroid dienone is 10. The Bertz CT molecular complexity index is 1120. The molecule has 0 aromatic heterocycles. The largest absolute Gasteiger partial charge is 0.469 e. The fraction of sp³-hybridized carbons (Fsp3) is 0.682. The summed E-state index contributed by atoms with van der Waals surface area (Å²) in [7, 11) is -4.80. The maximum Gasteiger partial charge on any atom is 0.469 e. The Balaban J connectivity index is 4.15. The predicted molar refractivity (Wildman–Crippen MR) is 222 cm³/mol. The van der Waals surface area contributed by atoms with E-state index >= 15 is 0 Å². The number of hydrogen-bond acceptors (Lipinski definition) is 7. The highest BCUT2D eigenvalue weighted by molar-refractivity contribution is 7.46. The van der Waals surface area contributed by atoms with E-state index in [1.807, 2.05) is 12.2 Å². The zero-order chi connectivity index (χ0) is 39.8. The van der Waals surface area contributed by atoms with E-state index in [4.69, 9.17) is 19.3 Å². The van der Waals surface area contributed by atoms with E-state index in [1.54, 1.807) is 24.3 Å². The molecule has 0 bridgehead atoms. The number of aliphatic hydroxyl groups is 1. The first-order chi connectivity index (χ1) is 26.2. The van der Waals surface area contributed by atoms with Gasteiger partial charge in [0.1, 0.15) is 6.61 Å².